The number of aliphatic imine (C=N–C) groups is 1. The molecule has 1 aliphatic heterocycles. The van der Waals surface area contributed by atoms with E-state index in [1.165, 1.54) is 11.6 Å². The summed E-state index contributed by atoms with van der Waals surface area (Å²) in [5.74, 6) is -0.00684. The quantitative estimate of drug-likeness (QED) is 0.747. The van der Waals surface area contributed by atoms with Crippen molar-refractivity contribution >= 4 is 12.0 Å². The first-order valence-electron chi connectivity index (χ1n) is 4.78. The molecule has 3 heteroatoms. The van der Waals surface area contributed by atoms with Gasteiger partial charge in [-0.3, -0.25) is 4.79 Å². The maximum absolute atomic E-state index is 11.6. The molecule has 15 heavy (non-hydrogen) atoms. The Morgan fingerprint density at radius 1 is 1.27 bits per heavy atom. The van der Waals surface area contributed by atoms with Gasteiger partial charge in [0.2, 0.25) is 0 Å². The lowest BCUT2D eigenvalue weighted by Crippen LogP contribution is -2.17. The van der Waals surface area contributed by atoms with E-state index in [-0.39, 0.29) is 17.5 Å². The molecule has 0 saturated heterocycles. The molecule has 2 rings (SSSR count). The van der Waals surface area contributed by atoms with Gasteiger partial charge >= 0.3 is 0 Å². The van der Waals surface area contributed by atoms with E-state index in [9.17, 15) is 4.79 Å². The Labute approximate surface area is 88.3 Å². The molecule has 0 amide bonds. The summed E-state index contributed by atoms with van der Waals surface area (Å²) in [5.41, 5.74) is 7.56. The maximum atomic E-state index is 11.6. The molecule has 1 aliphatic rings. The Balaban J connectivity index is 2.30. The van der Waals surface area contributed by atoms with Crippen molar-refractivity contribution in [2.24, 2.45) is 10.7 Å². The van der Waals surface area contributed by atoms with Gasteiger partial charge < -0.3 is 5.73 Å². The highest BCUT2D eigenvalue weighted by Gasteiger charge is 2.19. The number of nitrogens with two attached hydrogens (primary N) is 1. The normalized spacial score (nSPS) is 20.2. The van der Waals surface area contributed by atoms with Crippen LogP contribution in [-0.2, 0) is 4.79 Å². The molecule has 0 aliphatic carbocycles. The summed E-state index contributed by atoms with van der Waals surface area (Å²) >= 11 is 0. The molecule has 0 saturated carbocycles. The van der Waals surface area contributed by atoms with Crippen molar-refractivity contribution < 1.29 is 4.79 Å². The number of ketones is 1. The van der Waals surface area contributed by atoms with Crippen LogP contribution in [0, 0.1) is 6.92 Å². The summed E-state index contributed by atoms with van der Waals surface area (Å²) in [6.45, 7) is 2.01. The minimum absolute atomic E-state index is 0.00801. The minimum Gasteiger partial charge on any atom is -0.384 e. The Morgan fingerprint density at radius 3 is 2.53 bits per heavy atom. The second kappa shape index (κ2) is 3.69. The predicted molar refractivity (Wildman–Crippen MR) is 59.7 cm³/mol. The fraction of sp³-hybridized carbons (Fsp3) is 0.167. The van der Waals surface area contributed by atoms with Gasteiger partial charge in [0, 0.05) is 12.3 Å². The van der Waals surface area contributed by atoms with Gasteiger partial charge in [0.15, 0.2) is 5.78 Å². The average Bonchev–Trinajstić information content (AvgIpc) is 2.20. The molecule has 0 spiro atoms. The van der Waals surface area contributed by atoms with E-state index in [0.29, 0.717) is 0 Å². The zero-order chi connectivity index (χ0) is 10.8. The van der Waals surface area contributed by atoms with Gasteiger partial charge in [-0.1, -0.05) is 29.8 Å². The summed E-state index contributed by atoms with van der Waals surface area (Å²) < 4.78 is 0. The van der Waals surface area contributed by atoms with Crippen LogP contribution in [0.3, 0.4) is 0 Å². The van der Waals surface area contributed by atoms with Gasteiger partial charge in [0.1, 0.15) is 5.82 Å². The summed E-state index contributed by atoms with van der Waals surface area (Å²) in [6, 6.07) is 7.86. The van der Waals surface area contributed by atoms with Crippen molar-refractivity contribution in [3.8, 4) is 0 Å². The van der Waals surface area contributed by atoms with E-state index < -0.39 is 0 Å². The highest BCUT2D eigenvalue weighted by molar-refractivity contribution is 6.08. The van der Waals surface area contributed by atoms with E-state index in [1.807, 2.05) is 31.2 Å². The minimum atomic E-state index is -0.280. The molecule has 2 N–H and O–H groups in total. The summed E-state index contributed by atoms with van der Waals surface area (Å²) in [7, 11) is 0. The average molecular weight is 200 g/mol. The van der Waals surface area contributed by atoms with E-state index in [4.69, 9.17) is 5.73 Å². The third-order valence-corrected chi connectivity index (χ3v) is 2.41. The summed E-state index contributed by atoms with van der Waals surface area (Å²) in [6.07, 6.45) is 2.98. The van der Waals surface area contributed by atoms with Crippen LogP contribution < -0.4 is 5.73 Å². The fourth-order valence-corrected chi connectivity index (χ4v) is 1.53. The van der Waals surface area contributed by atoms with Crippen molar-refractivity contribution in [1.82, 2.24) is 0 Å². The number of carbonyl (C=O) groups excluding carboxylic acids is 1. The number of aryl methyl sites for hydroxylation is 1. The maximum Gasteiger partial charge on any atom is 0.172 e. The molecule has 1 unspecified atom stereocenters. The Kier molecular flexibility index (Phi) is 2.37. The van der Waals surface area contributed by atoms with Crippen molar-refractivity contribution in [3.63, 3.8) is 0 Å². The van der Waals surface area contributed by atoms with Gasteiger partial charge in [-0.2, -0.15) is 0 Å². The van der Waals surface area contributed by atoms with Crippen molar-refractivity contribution in [1.29, 1.82) is 0 Å². The zero-order valence-electron chi connectivity index (χ0n) is 8.47. The third kappa shape index (κ3) is 1.96. The number of nitrogens with zero attached hydrogens (tertiary/aromatic N) is 1. The van der Waals surface area contributed by atoms with Crippen molar-refractivity contribution in [3.05, 3.63) is 47.3 Å². The first kappa shape index (κ1) is 9.65. The number of benzene rings is 1. The third-order valence-electron chi connectivity index (χ3n) is 2.41. The molecule has 1 heterocycles. The topological polar surface area (TPSA) is 55.4 Å². The monoisotopic (exact) mass is 200 g/mol. The molecule has 1 aromatic rings. The number of allylic oxidation sites excluding steroid dienone is 1. The SMILES string of the molecule is Cc1ccc(C2C=NC(N)=CC2=O)cc1. The molecule has 1 aromatic carbocycles. The Hall–Kier alpha value is -1.90. The van der Waals surface area contributed by atoms with Gasteiger partial charge in [-0.05, 0) is 12.5 Å². The van der Waals surface area contributed by atoms with Crippen molar-refractivity contribution in [2.45, 2.75) is 12.8 Å². The highest BCUT2D eigenvalue weighted by atomic mass is 16.1. The standard InChI is InChI=1S/C12H12N2O/c1-8-2-4-9(5-3-8)10-7-14-12(13)6-11(10)15/h2-7,10H,13H2,1H3. The molecule has 0 fully saturated rings. The number of hydrogen-bond donors (Lipinski definition) is 1. The van der Waals surface area contributed by atoms with Crippen LogP contribution in [0.4, 0.5) is 0 Å². The largest absolute Gasteiger partial charge is 0.384 e. The summed E-state index contributed by atoms with van der Waals surface area (Å²) in [5, 5.41) is 0. The second-order valence-electron chi connectivity index (χ2n) is 3.64. The number of carbonyl (C=O) groups is 1. The zero-order valence-corrected chi connectivity index (χ0v) is 8.47. The summed E-state index contributed by atoms with van der Waals surface area (Å²) in [4.78, 5) is 15.6. The van der Waals surface area contributed by atoms with E-state index in [0.717, 1.165) is 5.56 Å². The molecule has 0 bridgehead atoms. The van der Waals surface area contributed by atoms with Crippen LogP contribution in [-0.4, -0.2) is 12.0 Å². The number of hydrogen-bond acceptors (Lipinski definition) is 3. The van der Waals surface area contributed by atoms with Crippen LogP contribution in [0.1, 0.15) is 17.0 Å². The van der Waals surface area contributed by atoms with Crippen LogP contribution in [0.25, 0.3) is 0 Å². The van der Waals surface area contributed by atoms with Gasteiger partial charge in [-0.15, -0.1) is 0 Å². The van der Waals surface area contributed by atoms with Crippen LogP contribution in [0.2, 0.25) is 0 Å². The lowest BCUT2D eigenvalue weighted by molar-refractivity contribution is -0.114. The van der Waals surface area contributed by atoms with Crippen molar-refractivity contribution in [2.75, 3.05) is 0 Å². The van der Waals surface area contributed by atoms with E-state index in [1.54, 1.807) is 6.21 Å². The Bertz CT molecular complexity index is 443. The van der Waals surface area contributed by atoms with Crippen LogP contribution in [0.15, 0.2) is 41.2 Å². The molecular formula is C12H12N2O. The van der Waals surface area contributed by atoms with Crippen LogP contribution in [0.5, 0.6) is 0 Å². The lowest BCUT2D eigenvalue weighted by atomic mass is 9.94. The van der Waals surface area contributed by atoms with Crippen LogP contribution >= 0.6 is 0 Å². The molecular weight excluding hydrogens is 188 g/mol. The van der Waals surface area contributed by atoms with Gasteiger partial charge in [0.05, 0.1) is 5.92 Å². The first-order valence-corrected chi connectivity index (χ1v) is 4.78. The number of rotatable bonds is 1. The fourth-order valence-electron chi connectivity index (χ4n) is 1.53. The van der Waals surface area contributed by atoms with E-state index >= 15 is 0 Å². The highest BCUT2D eigenvalue weighted by Crippen LogP contribution is 2.19. The molecule has 0 radical (unpaired) electrons. The smallest absolute Gasteiger partial charge is 0.172 e. The second-order valence-corrected chi connectivity index (χ2v) is 3.64. The Morgan fingerprint density at radius 2 is 1.93 bits per heavy atom. The predicted octanol–water partition coefficient (Wildman–Crippen LogP) is 1.53. The lowest BCUT2D eigenvalue weighted by Gasteiger charge is -2.13. The van der Waals surface area contributed by atoms with Gasteiger partial charge in [0.25, 0.3) is 0 Å². The first-order chi connectivity index (χ1) is 7.16. The van der Waals surface area contributed by atoms with E-state index in [2.05, 4.69) is 4.99 Å². The molecule has 0 aromatic heterocycles. The molecule has 1 atom stereocenters. The molecule has 76 valence electrons. The van der Waals surface area contributed by atoms with Gasteiger partial charge in [-0.25, -0.2) is 4.99 Å². The molecule has 3 nitrogen and oxygen atoms in total.